The Kier molecular flexibility index (Phi) is 4.37. The molecular formula is C19H16N4O2S. The highest BCUT2D eigenvalue weighted by molar-refractivity contribution is 7.14. The Morgan fingerprint density at radius 2 is 1.96 bits per heavy atom. The number of H-pyrrole nitrogens is 1. The van der Waals surface area contributed by atoms with Crippen LogP contribution in [-0.2, 0) is 6.42 Å². The van der Waals surface area contributed by atoms with Gasteiger partial charge in [0.05, 0.1) is 10.6 Å². The zero-order valence-corrected chi connectivity index (χ0v) is 14.6. The molecule has 0 aliphatic rings. The topological polar surface area (TPSA) is 83.9 Å². The van der Waals surface area contributed by atoms with E-state index in [-0.39, 0.29) is 5.69 Å². The average Bonchev–Trinajstić information content (AvgIpc) is 3.29. The van der Waals surface area contributed by atoms with Crippen LogP contribution in [0.15, 0.2) is 60.1 Å². The predicted octanol–water partition coefficient (Wildman–Crippen LogP) is 4.85. The van der Waals surface area contributed by atoms with Gasteiger partial charge in [-0.1, -0.05) is 18.2 Å². The second-order valence-corrected chi connectivity index (χ2v) is 6.74. The van der Waals surface area contributed by atoms with E-state index in [1.165, 1.54) is 34.4 Å². The molecule has 7 heteroatoms. The number of anilines is 1. The summed E-state index contributed by atoms with van der Waals surface area (Å²) in [5.74, 6) is 0. The largest absolute Gasteiger partial charge is 0.361 e. The summed E-state index contributed by atoms with van der Waals surface area (Å²) in [6, 6.07) is 14.7. The van der Waals surface area contributed by atoms with Crippen molar-refractivity contribution < 1.29 is 4.92 Å². The number of fused-ring (bicyclic) bond motifs is 1. The Morgan fingerprint density at radius 3 is 2.77 bits per heavy atom. The number of rotatable bonds is 6. The van der Waals surface area contributed by atoms with Gasteiger partial charge in [0.15, 0.2) is 5.13 Å². The normalized spacial score (nSPS) is 10.9. The maximum atomic E-state index is 10.7. The van der Waals surface area contributed by atoms with Crippen LogP contribution >= 0.6 is 11.3 Å². The fraction of sp³-hybridized carbons (Fsp3) is 0.105. The Labute approximate surface area is 153 Å². The van der Waals surface area contributed by atoms with Crippen LogP contribution in [0.25, 0.3) is 22.2 Å². The molecule has 0 saturated carbocycles. The Bertz CT molecular complexity index is 1050. The first-order valence-corrected chi connectivity index (χ1v) is 9.08. The highest BCUT2D eigenvalue weighted by atomic mass is 32.1. The van der Waals surface area contributed by atoms with Gasteiger partial charge in [0.25, 0.3) is 5.69 Å². The van der Waals surface area contributed by atoms with Crippen molar-refractivity contribution in [3.63, 3.8) is 0 Å². The number of thiazole rings is 1. The number of nitro groups is 1. The molecule has 2 heterocycles. The lowest BCUT2D eigenvalue weighted by Crippen LogP contribution is -2.04. The molecule has 2 N–H and O–H groups in total. The van der Waals surface area contributed by atoms with Crippen LogP contribution in [0.1, 0.15) is 5.56 Å². The van der Waals surface area contributed by atoms with Crippen LogP contribution in [0.5, 0.6) is 0 Å². The first-order valence-electron chi connectivity index (χ1n) is 8.20. The van der Waals surface area contributed by atoms with Crippen LogP contribution < -0.4 is 5.32 Å². The monoisotopic (exact) mass is 364 g/mol. The molecule has 0 aliphatic heterocycles. The summed E-state index contributed by atoms with van der Waals surface area (Å²) in [6.07, 6.45) is 2.95. The highest BCUT2D eigenvalue weighted by Gasteiger charge is 2.08. The zero-order chi connectivity index (χ0) is 17.9. The minimum Gasteiger partial charge on any atom is -0.361 e. The molecule has 0 radical (unpaired) electrons. The summed E-state index contributed by atoms with van der Waals surface area (Å²) < 4.78 is 0. The second kappa shape index (κ2) is 6.97. The van der Waals surface area contributed by atoms with E-state index in [0.29, 0.717) is 0 Å². The third-order valence-electron chi connectivity index (χ3n) is 4.22. The molecule has 4 aromatic rings. The lowest BCUT2D eigenvalue weighted by atomic mass is 10.1. The number of hydrogen-bond donors (Lipinski definition) is 2. The first kappa shape index (κ1) is 16.3. The van der Waals surface area contributed by atoms with E-state index in [1.807, 2.05) is 17.5 Å². The summed E-state index contributed by atoms with van der Waals surface area (Å²) in [4.78, 5) is 18.2. The summed E-state index contributed by atoms with van der Waals surface area (Å²) in [5, 5.41) is 18.1. The predicted molar refractivity (Wildman–Crippen MR) is 105 cm³/mol. The van der Waals surface area contributed by atoms with E-state index >= 15 is 0 Å². The molecule has 26 heavy (non-hydrogen) atoms. The number of nitro benzene ring substituents is 1. The van der Waals surface area contributed by atoms with Crippen LogP contribution in [0.2, 0.25) is 0 Å². The second-order valence-electron chi connectivity index (χ2n) is 5.88. The van der Waals surface area contributed by atoms with E-state index in [4.69, 9.17) is 0 Å². The molecule has 0 atom stereocenters. The van der Waals surface area contributed by atoms with E-state index in [1.54, 1.807) is 12.1 Å². The number of aromatic nitrogens is 2. The van der Waals surface area contributed by atoms with E-state index in [9.17, 15) is 10.1 Å². The molecule has 6 nitrogen and oxygen atoms in total. The third-order valence-corrected chi connectivity index (χ3v) is 5.02. The van der Waals surface area contributed by atoms with Crippen molar-refractivity contribution in [3.8, 4) is 11.3 Å². The molecule has 0 aliphatic carbocycles. The quantitative estimate of drug-likeness (QED) is 0.378. The first-order chi connectivity index (χ1) is 12.7. The molecule has 0 unspecified atom stereocenters. The van der Waals surface area contributed by atoms with Crippen LogP contribution in [0.4, 0.5) is 10.8 Å². The number of hydrogen-bond acceptors (Lipinski definition) is 5. The number of para-hydroxylation sites is 1. The van der Waals surface area contributed by atoms with E-state index in [0.717, 1.165) is 34.9 Å². The fourth-order valence-corrected chi connectivity index (χ4v) is 3.63. The number of nitrogens with one attached hydrogen (secondary N) is 2. The lowest BCUT2D eigenvalue weighted by molar-refractivity contribution is -0.384. The summed E-state index contributed by atoms with van der Waals surface area (Å²) in [7, 11) is 0. The van der Waals surface area contributed by atoms with Crippen molar-refractivity contribution in [2.75, 3.05) is 11.9 Å². The van der Waals surface area contributed by atoms with Gasteiger partial charge in [-0.25, -0.2) is 4.98 Å². The molecule has 0 bridgehead atoms. The summed E-state index contributed by atoms with van der Waals surface area (Å²) in [5.41, 5.74) is 4.20. The van der Waals surface area contributed by atoms with Gasteiger partial charge in [-0.3, -0.25) is 10.1 Å². The van der Waals surface area contributed by atoms with Gasteiger partial charge >= 0.3 is 0 Å². The molecule has 0 fully saturated rings. The molecule has 2 aromatic heterocycles. The summed E-state index contributed by atoms with van der Waals surface area (Å²) in [6.45, 7) is 0.787. The number of benzene rings is 2. The Morgan fingerprint density at radius 1 is 1.15 bits per heavy atom. The van der Waals surface area contributed by atoms with Gasteiger partial charge in [-0.05, 0) is 30.2 Å². The van der Waals surface area contributed by atoms with Crippen molar-refractivity contribution >= 4 is 33.1 Å². The molecular weight excluding hydrogens is 348 g/mol. The molecule has 130 valence electrons. The number of non-ortho nitro benzene ring substituents is 1. The minimum absolute atomic E-state index is 0.0843. The minimum atomic E-state index is -0.400. The van der Waals surface area contributed by atoms with E-state index < -0.39 is 4.92 Å². The SMILES string of the molecule is O=[N+]([O-])c1ccc(-c2csc(NCCc3c[nH]c4ccccc34)n2)cc1. The van der Waals surface area contributed by atoms with E-state index in [2.05, 4.69) is 33.6 Å². The van der Waals surface area contributed by atoms with Gasteiger partial charge in [-0.2, -0.15) is 0 Å². The Hall–Kier alpha value is -3.19. The fourth-order valence-electron chi connectivity index (χ4n) is 2.88. The molecule has 0 amide bonds. The van der Waals surface area contributed by atoms with Gasteiger partial charge < -0.3 is 10.3 Å². The highest BCUT2D eigenvalue weighted by Crippen LogP contribution is 2.26. The van der Waals surface area contributed by atoms with Gasteiger partial charge in [0.2, 0.25) is 0 Å². The average molecular weight is 364 g/mol. The lowest BCUT2D eigenvalue weighted by Gasteiger charge is -2.02. The third kappa shape index (κ3) is 3.29. The zero-order valence-electron chi connectivity index (χ0n) is 13.8. The van der Waals surface area contributed by atoms with Crippen LogP contribution in [0, 0.1) is 10.1 Å². The number of aromatic amines is 1. The smallest absolute Gasteiger partial charge is 0.269 e. The number of nitrogens with zero attached hydrogens (tertiary/aromatic N) is 2. The van der Waals surface area contributed by atoms with Crippen molar-refractivity contribution in [1.29, 1.82) is 0 Å². The van der Waals surface area contributed by atoms with Gasteiger partial charge in [-0.15, -0.1) is 11.3 Å². The van der Waals surface area contributed by atoms with Crippen molar-refractivity contribution in [3.05, 3.63) is 75.8 Å². The van der Waals surface area contributed by atoms with Crippen LogP contribution in [-0.4, -0.2) is 21.4 Å². The molecule has 4 rings (SSSR count). The van der Waals surface area contributed by atoms with Gasteiger partial charge in [0, 0.05) is 46.7 Å². The molecule has 0 saturated heterocycles. The molecule has 0 spiro atoms. The van der Waals surface area contributed by atoms with Crippen LogP contribution in [0.3, 0.4) is 0 Å². The van der Waals surface area contributed by atoms with Crippen molar-refractivity contribution in [2.24, 2.45) is 0 Å². The Balaban J connectivity index is 1.40. The van der Waals surface area contributed by atoms with Gasteiger partial charge in [0.1, 0.15) is 0 Å². The van der Waals surface area contributed by atoms with Crippen molar-refractivity contribution in [1.82, 2.24) is 9.97 Å². The molecule has 2 aromatic carbocycles. The standard InChI is InChI=1S/C19H16N4O2S/c24-23(25)15-7-5-13(6-8-15)18-12-26-19(22-18)20-10-9-14-11-21-17-4-2-1-3-16(14)17/h1-8,11-12,21H,9-10H2,(H,20,22). The maximum absolute atomic E-state index is 10.7. The maximum Gasteiger partial charge on any atom is 0.269 e. The van der Waals surface area contributed by atoms with Crippen molar-refractivity contribution in [2.45, 2.75) is 6.42 Å². The summed E-state index contributed by atoms with van der Waals surface area (Å²) >= 11 is 1.53.